The molecule has 2 N–H and O–H groups in total. The van der Waals surface area contributed by atoms with Crippen molar-refractivity contribution in [1.82, 2.24) is 19.6 Å². The molecule has 4 heterocycles. The van der Waals surface area contributed by atoms with E-state index in [1.165, 1.54) is 23.3 Å². The summed E-state index contributed by atoms with van der Waals surface area (Å²) in [5, 5.41) is 27.0. The first-order valence-corrected chi connectivity index (χ1v) is 57.5. The number of aliphatic hydroxyl groups is 2. The van der Waals surface area contributed by atoms with Crippen molar-refractivity contribution in [1.29, 1.82) is 0 Å². The van der Waals surface area contributed by atoms with Crippen molar-refractivity contribution in [2.45, 2.75) is 333 Å². The molecule has 0 aromatic heterocycles. The highest BCUT2D eigenvalue weighted by molar-refractivity contribution is 6.75. The van der Waals surface area contributed by atoms with Crippen LogP contribution in [0.3, 0.4) is 0 Å². The summed E-state index contributed by atoms with van der Waals surface area (Å²) in [5.74, 6) is -2.22. The third-order valence-corrected chi connectivity index (χ3v) is 47.2. The van der Waals surface area contributed by atoms with Crippen LogP contribution in [0.4, 0.5) is 9.59 Å². The molecule has 2 saturated carbocycles. The van der Waals surface area contributed by atoms with Gasteiger partial charge >= 0.3 is 24.1 Å². The lowest BCUT2D eigenvalue weighted by Gasteiger charge is -2.61. The van der Waals surface area contributed by atoms with Gasteiger partial charge in [0.05, 0.1) is 48.5 Å². The fourth-order valence-electron chi connectivity index (χ4n) is 18.4. The van der Waals surface area contributed by atoms with Gasteiger partial charge in [-0.15, -0.1) is 0 Å². The van der Waals surface area contributed by atoms with E-state index in [4.69, 9.17) is 69.3 Å². The van der Waals surface area contributed by atoms with Gasteiger partial charge in [0.2, 0.25) is 24.4 Å². The minimum absolute atomic E-state index is 0.0534. The molecular weight excluding hydrogens is 1680 g/mol. The fourth-order valence-corrected chi connectivity index (χ4v) is 23.1. The number of piperidine rings is 2. The number of benzene rings is 4. The molecule has 692 valence electrons. The van der Waals surface area contributed by atoms with Gasteiger partial charge in [-0.05, 0) is 250 Å². The minimum atomic E-state index is -2.80. The number of nitrogens with zero attached hydrogens (tertiary/aromatic N) is 4. The van der Waals surface area contributed by atoms with Crippen molar-refractivity contribution in [3.8, 4) is 11.5 Å². The minimum Gasteiger partial charge on any atom is -0.497 e. The third kappa shape index (κ3) is 22.7. The number of hydrogen-bond acceptors (Lipinski definition) is 18. The summed E-state index contributed by atoms with van der Waals surface area (Å²) in [6, 6.07) is 27.6. The van der Waals surface area contributed by atoms with Crippen LogP contribution in [0.5, 0.6) is 11.5 Å². The normalized spacial score (nSPS) is 24.2. The first-order chi connectivity index (χ1) is 57.3. The second-order valence-corrected chi connectivity index (χ2v) is 63.7. The molecule has 4 aliphatic heterocycles. The Kier molecular flexibility index (Phi) is 32.4. The van der Waals surface area contributed by atoms with Gasteiger partial charge in [-0.2, -0.15) is 0 Å². The van der Waals surface area contributed by atoms with Crippen LogP contribution in [0, 0.1) is 35.5 Å². The molecule has 6 fully saturated rings. The number of rotatable bonds is 32. The van der Waals surface area contributed by atoms with Gasteiger partial charge in [0, 0.05) is 84.9 Å². The van der Waals surface area contributed by atoms with Crippen molar-refractivity contribution in [2.75, 3.05) is 53.6 Å². The van der Waals surface area contributed by atoms with E-state index in [0.29, 0.717) is 74.7 Å². The molecule has 4 amide bonds. The largest absolute Gasteiger partial charge is 0.497 e. The Morgan fingerprint density at radius 3 is 1.07 bits per heavy atom. The molecule has 28 heteroatoms. The molecule has 4 saturated heterocycles. The molecule has 8 bridgehead atoms. The van der Waals surface area contributed by atoms with Crippen molar-refractivity contribution in [3.63, 3.8) is 0 Å². The maximum Gasteiger partial charge on any atom is 0.410 e. The molecule has 0 spiro atoms. The number of likely N-dealkylation sites (tertiary alicyclic amines) is 4. The van der Waals surface area contributed by atoms with Crippen molar-refractivity contribution >= 4 is 92.4 Å². The lowest BCUT2D eigenvalue weighted by Crippen LogP contribution is -2.78. The summed E-state index contributed by atoms with van der Waals surface area (Å²) in [6.45, 7) is 55.6. The molecule has 10 rings (SSSR count). The molecule has 4 unspecified atom stereocenters. The number of unbranched alkanes of at least 4 members (excludes halogenated alkanes) is 4. The molecule has 124 heavy (non-hydrogen) atoms. The van der Waals surface area contributed by atoms with E-state index in [0.717, 1.165) is 50.0 Å². The fraction of sp³-hybridized carbons (Fsp3) is 0.688. The second kappa shape index (κ2) is 39.4. The van der Waals surface area contributed by atoms with Gasteiger partial charge in [0.1, 0.15) is 34.9 Å². The Labute approximate surface area is 755 Å². The Balaban J connectivity index is 0.000000281. The average molecular weight is 1830 g/mol. The van der Waals surface area contributed by atoms with Gasteiger partial charge in [-0.25, -0.2) is 19.2 Å². The topological polar surface area (TPSA) is 248 Å². The molecule has 14 atom stereocenters. The van der Waals surface area contributed by atoms with Crippen LogP contribution >= 0.6 is 23.2 Å². The Morgan fingerprint density at radius 1 is 0.460 bits per heavy atom. The zero-order valence-electron chi connectivity index (χ0n) is 79.9. The van der Waals surface area contributed by atoms with Crippen molar-refractivity contribution in [2.24, 2.45) is 35.5 Å². The predicted octanol–water partition coefficient (Wildman–Crippen LogP) is 21.0. The Hall–Kier alpha value is -5.89. The summed E-state index contributed by atoms with van der Waals surface area (Å²) in [4.78, 5) is 95.2. The van der Waals surface area contributed by atoms with Gasteiger partial charge in [-0.1, -0.05) is 156 Å². The van der Waals surface area contributed by atoms with E-state index >= 15 is 9.59 Å². The first-order valence-electron chi connectivity index (χ1n) is 45.1. The molecule has 4 aromatic carbocycles. The van der Waals surface area contributed by atoms with Crippen molar-refractivity contribution in [3.05, 3.63) is 129 Å². The van der Waals surface area contributed by atoms with E-state index in [2.05, 4.69) is 134 Å². The van der Waals surface area contributed by atoms with E-state index in [1.54, 1.807) is 60.4 Å². The molecule has 0 radical (unpaired) electrons. The maximum absolute atomic E-state index is 15.2. The number of aliphatic hydroxyl groups excluding tert-OH is 2. The van der Waals surface area contributed by atoms with Crippen LogP contribution in [-0.2, 0) is 59.1 Å². The summed E-state index contributed by atoms with van der Waals surface area (Å²) in [7, 11) is -6.96. The van der Waals surface area contributed by atoms with E-state index in [-0.39, 0.29) is 80.0 Å². The standard InChI is InChI=1S/2C48H75ClN2O9Si2/c2*1-45(2,3)59-44(55)50-28-26-38-37-30-34(31-57-61(11,12)46(4,5)6)39(50)48(38,51(41(37)53)27-17-15-16-19-32-22-24-36(56-10)25-23-32)40(52)43(60-62(13,14)47(7,8)9)58-42(54)33-20-18-21-35(49)29-33/h2*18,20-25,29,34,37-40,43,52H,15-17,19,26-28,30-31H2,1-14H3/t34-,37?,38+,39+,40+,43?,48+;34-,37?,38+,39+,40-,43?,48+/m00/s1. The van der Waals surface area contributed by atoms with Crippen molar-refractivity contribution < 1.29 is 85.1 Å². The highest BCUT2D eigenvalue weighted by Gasteiger charge is 2.77. The zero-order valence-corrected chi connectivity index (χ0v) is 85.4. The number of carbonyl (C=O) groups is 6. The number of halogens is 2. The van der Waals surface area contributed by atoms with Gasteiger partial charge < -0.3 is 75.9 Å². The van der Waals surface area contributed by atoms with E-state index in [9.17, 15) is 29.4 Å². The van der Waals surface area contributed by atoms with Crippen LogP contribution in [0.15, 0.2) is 97.1 Å². The van der Waals surface area contributed by atoms with Crippen LogP contribution in [0.1, 0.15) is 221 Å². The number of amides is 4. The average Bonchev–Trinajstić information content (AvgIpc) is 1.51. The Morgan fingerprint density at radius 2 is 0.782 bits per heavy atom. The molecule has 22 nitrogen and oxygen atoms in total. The highest BCUT2D eigenvalue weighted by atomic mass is 35.5. The van der Waals surface area contributed by atoms with Crippen LogP contribution in [0.2, 0.25) is 82.6 Å². The molecule has 6 aliphatic rings. The van der Waals surface area contributed by atoms with Gasteiger partial charge in [0.15, 0.2) is 33.3 Å². The highest BCUT2D eigenvalue weighted by Crippen LogP contribution is 2.62. The number of aryl methyl sites for hydroxylation is 2. The van der Waals surface area contributed by atoms with Crippen LogP contribution < -0.4 is 9.47 Å². The van der Waals surface area contributed by atoms with E-state index in [1.807, 2.05) is 102 Å². The number of esters is 2. The Bertz CT molecular complexity index is 4050. The molecular formula is C96H150Cl2N4O18Si4. The summed E-state index contributed by atoms with van der Waals surface area (Å²) in [5.41, 5.74) is -1.61. The summed E-state index contributed by atoms with van der Waals surface area (Å²) >= 11 is 12.7. The number of methoxy groups -OCH3 is 2. The van der Waals surface area contributed by atoms with Gasteiger partial charge in [-0.3, -0.25) is 9.59 Å². The second-order valence-electron chi connectivity index (χ2n) is 43.7. The monoisotopic (exact) mass is 1830 g/mol. The predicted molar refractivity (Wildman–Crippen MR) is 499 cm³/mol. The van der Waals surface area contributed by atoms with E-state index < -0.39 is 128 Å². The number of ether oxygens (including phenoxy) is 6. The number of carbonyl (C=O) groups excluding carboxylic acids is 6. The lowest BCUT2D eigenvalue weighted by molar-refractivity contribution is -0.213. The lowest BCUT2D eigenvalue weighted by atomic mass is 9.57. The zero-order chi connectivity index (χ0) is 92.4. The molecule has 4 aromatic rings. The SMILES string of the molecule is COc1ccc(CCCCCN2C(=O)C3C[C@@H](CO[Si](C)(C)C(C)(C)C)[C@H]4N(C(=O)OC(C)(C)C)CC[C@H]3[C@]42[C@@H](O)C(OC(=O)c2cccc(Cl)c2)O[Si](C)(C)C(C)(C)C)cc1.COc1ccc(CCCCCN2C(=O)C3C[C@@H](CO[Si](C)(C)C(C)(C)C)[C@H]4N(C(=O)OC(C)(C)C)CC[C@H]3[C@]42[C@H](O)C(OC(=O)c2cccc(Cl)c2)O[Si](C)(C)C(C)(C)C)cc1. The summed E-state index contributed by atoms with van der Waals surface area (Å²) < 4.78 is 63.7. The van der Waals surface area contributed by atoms with Gasteiger partial charge in [0.25, 0.3) is 0 Å². The molecule has 2 aliphatic carbocycles. The van der Waals surface area contributed by atoms with Crippen LogP contribution in [0.25, 0.3) is 0 Å². The maximum atomic E-state index is 15.2. The smallest absolute Gasteiger partial charge is 0.410 e. The van der Waals surface area contributed by atoms with Crippen LogP contribution in [-0.4, -0.2) is 212 Å². The number of hydrogen-bond donors (Lipinski definition) is 2. The quantitative estimate of drug-likeness (QED) is 0.0152. The summed E-state index contributed by atoms with van der Waals surface area (Å²) in [6.07, 6.45) is 1.23. The third-order valence-electron chi connectivity index (χ3n) is 28.9. The first kappa shape index (κ1) is 102.